The van der Waals surface area contributed by atoms with Crippen molar-refractivity contribution in [3.8, 4) is 0 Å². The van der Waals surface area contributed by atoms with Crippen LogP contribution in [0.15, 0.2) is 0 Å². The third-order valence-electron chi connectivity index (χ3n) is 1.42. The highest BCUT2D eigenvalue weighted by atomic mass is 16.8. The van der Waals surface area contributed by atoms with Crippen molar-refractivity contribution in [1.29, 1.82) is 0 Å². The minimum absolute atomic E-state index is 0.0793. The zero-order chi connectivity index (χ0) is 8.27. The zero-order valence-electron chi connectivity index (χ0n) is 6.45. The van der Waals surface area contributed by atoms with E-state index in [2.05, 4.69) is 0 Å². The molecule has 1 aliphatic heterocycles. The van der Waals surface area contributed by atoms with E-state index in [4.69, 9.17) is 14.6 Å². The summed E-state index contributed by atoms with van der Waals surface area (Å²) in [7, 11) is 0. The number of esters is 1. The van der Waals surface area contributed by atoms with Gasteiger partial charge in [-0.15, -0.1) is 0 Å². The van der Waals surface area contributed by atoms with Crippen molar-refractivity contribution in [1.82, 2.24) is 0 Å². The Hall–Kier alpha value is -0.610. The van der Waals surface area contributed by atoms with Crippen LogP contribution in [0, 0.1) is 0 Å². The van der Waals surface area contributed by atoms with Crippen LogP contribution < -0.4 is 0 Å². The molecule has 0 bridgehead atoms. The Morgan fingerprint density at radius 2 is 2.45 bits per heavy atom. The van der Waals surface area contributed by atoms with Crippen LogP contribution in [-0.2, 0) is 14.3 Å². The number of carbonyl (C=O) groups excluding carboxylic acids is 1. The third-order valence-corrected chi connectivity index (χ3v) is 1.42. The van der Waals surface area contributed by atoms with Crippen LogP contribution >= 0.6 is 0 Å². The summed E-state index contributed by atoms with van der Waals surface area (Å²) in [6.45, 7) is 1.82. The van der Waals surface area contributed by atoms with Crippen molar-refractivity contribution in [2.45, 2.75) is 32.2 Å². The van der Waals surface area contributed by atoms with E-state index in [1.54, 1.807) is 0 Å². The van der Waals surface area contributed by atoms with Crippen molar-refractivity contribution in [3.05, 3.63) is 0 Å². The highest BCUT2D eigenvalue weighted by molar-refractivity contribution is 5.69. The highest BCUT2D eigenvalue weighted by Gasteiger charge is 2.41. The Morgan fingerprint density at radius 1 is 1.73 bits per heavy atom. The quantitative estimate of drug-likeness (QED) is 0.466. The second-order valence-electron chi connectivity index (χ2n) is 2.47. The molecule has 0 saturated carbocycles. The normalized spacial score (nSPS) is 28.2. The van der Waals surface area contributed by atoms with Crippen molar-refractivity contribution in [3.63, 3.8) is 0 Å². The summed E-state index contributed by atoms with van der Waals surface area (Å²) in [5.41, 5.74) is 0. The maximum Gasteiger partial charge on any atom is 0.308 e. The van der Waals surface area contributed by atoms with Gasteiger partial charge in [0.15, 0.2) is 0 Å². The summed E-state index contributed by atoms with van der Waals surface area (Å²) >= 11 is 0. The van der Waals surface area contributed by atoms with Gasteiger partial charge in [-0.2, -0.15) is 0 Å². The molecule has 1 N–H and O–H groups in total. The van der Waals surface area contributed by atoms with Gasteiger partial charge in [0.25, 0.3) is 0 Å². The molecule has 4 nitrogen and oxygen atoms in total. The molecular weight excluding hydrogens is 148 g/mol. The van der Waals surface area contributed by atoms with E-state index in [0.29, 0.717) is 6.42 Å². The van der Waals surface area contributed by atoms with Gasteiger partial charge in [-0.05, 0) is 6.42 Å². The van der Waals surface area contributed by atoms with E-state index in [1.165, 1.54) is 0 Å². The Balaban J connectivity index is 2.08. The van der Waals surface area contributed by atoms with Gasteiger partial charge in [0, 0.05) is 6.42 Å². The summed E-state index contributed by atoms with van der Waals surface area (Å²) in [5.74, 6) is -0.256. The molecule has 0 spiro atoms. The van der Waals surface area contributed by atoms with E-state index in [9.17, 15) is 4.79 Å². The van der Waals surface area contributed by atoms with Gasteiger partial charge in [0.05, 0.1) is 6.61 Å². The first-order chi connectivity index (χ1) is 5.27. The van der Waals surface area contributed by atoms with Crippen molar-refractivity contribution < 1.29 is 19.4 Å². The van der Waals surface area contributed by atoms with Gasteiger partial charge >= 0.3 is 5.97 Å². The largest absolute Gasteiger partial charge is 0.433 e. The summed E-state index contributed by atoms with van der Waals surface area (Å²) in [6.07, 6.45) is 0.419. The van der Waals surface area contributed by atoms with Crippen molar-refractivity contribution >= 4 is 5.97 Å². The lowest BCUT2D eigenvalue weighted by molar-refractivity contribution is -0.148. The lowest BCUT2D eigenvalue weighted by atomic mass is 10.3. The number of aliphatic hydroxyl groups is 1. The smallest absolute Gasteiger partial charge is 0.308 e. The monoisotopic (exact) mass is 160 g/mol. The Labute approximate surface area is 65.1 Å². The van der Waals surface area contributed by atoms with Gasteiger partial charge in [-0.1, -0.05) is 6.92 Å². The maximum absolute atomic E-state index is 10.8. The number of rotatable bonds is 4. The second kappa shape index (κ2) is 3.69. The molecule has 0 aromatic heterocycles. The molecule has 1 aliphatic rings. The minimum atomic E-state index is -0.487. The molecule has 2 unspecified atom stereocenters. The average Bonchev–Trinajstić information content (AvgIpc) is 2.68. The van der Waals surface area contributed by atoms with Crippen LogP contribution in [0.4, 0.5) is 0 Å². The van der Waals surface area contributed by atoms with E-state index in [-0.39, 0.29) is 18.7 Å². The first kappa shape index (κ1) is 8.49. The van der Waals surface area contributed by atoms with Crippen LogP contribution in [0.1, 0.15) is 19.8 Å². The van der Waals surface area contributed by atoms with Gasteiger partial charge in [0.1, 0.15) is 6.10 Å². The first-order valence-electron chi connectivity index (χ1n) is 3.73. The van der Waals surface area contributed by atoms with Gasteiger partial charge < -0.3 is 14.6 Å². The van der Waals surface area contributed by atoms with Crippen molar-refractivity contribution in [2.75, 3.05) is 6.61 Å². The van der Waals surface area contributed by atoms with E-state index >= 15 is 0 Å². The van der Waals surface area contributed by atoms with Crippen molar-refractivity contribution in [2.24, 2.45) is 0 Å². The van der Waals surface area contributed by atoms with E-state index < -0.39 is 6.29 Å². The van der Waals surface area contributed by atoms with Gasteiger partial charge in [-0.25, -0.2) is 0 Å². The number of hydrogen-bond donors (Lipinski definition) is 1. The fourth-order valence-electron chi connectivity index (χ4n) is 0.752. The molecule has 4 heteroatoms. The van der Waals surface area contributed by atoms with Crippen LogP contribution in [0.3, 0.4) is 0 Å². The molecule has 0 amide bonds. The zero-order valence-corrected chi connectivity index (χ0v) is 6.45. The molecule has 1 heterocycles. The molecule has 2 atom stereocenters. The fourth-order valence-corrected chi connectivity index (χ4v) is 0.752. The molecule has 0 aromatic rings. The van der Waals surface area contributed by atoms with Crippen LogP contribution in [0.2, 0.25) is 0 Å². The summed E-state index contributed by atoms with van der Waals surface area (Å²) < 4.78 is 9.57. The Morgan fingerprint density at radius 3 is 2.91 bits per heavy atom. The van der Waals surface area contributed by atoms with E-state index in [0.717, 1.165) is 6.42 Å². The SMILES string of the molecule is CCCC(=O)OC1OC1CO. The lowest BCUT2D eigenvalue weighted by Gasteiger charge is -1.97. The van der Waals surface area contributed by atoms with Gasteiger partial charge in [0.2, 0.25) is 6.29 Å². The molecule has 0 aromatic carbocycles. The Kier molecular flexibility index (Phi) is 2.84. The number of carbonyl (C=O) groups is 1. The lowest BCUT2D eigenvalue weighted by Crippen LogP contribution is -2.10. The summed E-state index contributed by atoms with van der Waals surface area (Å²) in [5, 5.41) is 8.50. The predicted octanol–water partition coefficient (Wildman–Crippen LogP) is 0.0469. The minimum Gasteiger partial charge on any atom is -0.433 e. The molecular formula is C7H12O4. The summed E-state index contributed by atoms with van der Waals surface area (Å²) in [6, 6.07) is 0. The highest BCUT2D eigenvalue weighted by Crippen LogP contribution is 2.22. The third kappa shape index (κ3) is 2.48. The number of hydrogen-bond acceptors (Lipinski definition) is 4. The topological polar surface area (TPSA) is 59.1 Å². The standard InChI is InChI=1S/C7H12O4/c1-2-3-6(9)11-7-5(4-8)10-7/h5,7-8H,2-4H2,1H3. The number of ether oxygens (including phenoxy) is 2. The molecule has 64 valence electrons. The van der Waals surface area contributed by atoms with Crippen LogP contribution in [-0.4, -0.2) is 30.1 Å². The summed E-state index contributed by atoms with van der Waals surface area (Å²) in [4.78, 5) is 10.8. The van der Waals surface area contributed by atoms with Gasteiger partial charge in [-0.3, -0.25) is 4.79 Å². The fraction of sp³-hybridized carbons (Fsp3) is 0.857. The Bertz CT molecular complexity index is 145. The molecule has 11 heavy (non-hydrogen) atoms. The molecule has 1 saturated heterocycles. The number of aliphatic hydroxyl groups excluding tert-OH is 1. The predicted molar refractivity (Wildman–Crippen MR) is 36.7 cm³/mol. The first-order valence-corrected chi connectivity index (χ1v) is 3.73. The maximum atomic E-state index is 10.8. The molecule has 0 radical (unpaired) electrons. The van der Waals surface area contributed by atoms with E-state index in [1.807, 2.05) is 6.92 Å². The molecule has 1 fully saturated rings. The average molecular weight is 160 g/mol. The second-order valence-corrected chi connectivity index (χ2v) is 2.47. The van der Waals surface area contributed by atoms with Crippen LogP contribution in [0.25, 0.3) is 0 Å². The molecule has 1 rings (SSSR count). The number of epoxide rings is 1. The molecule has 0 aliphatic carbocycles. The van der Waals surface area contributed by atoms with Crippen LogP contribution in [0.5, 0.6) is 0 Å².